The summed E-state index contributed by atoms with van der Waals surface area (Å²) >= 11 is 1.42. The monoisotopic (exact) mass is 806 g/mol. The number of tetrazole rings is 1. The van der Waals surface area contributed by atoms with Gasteiger partial charge < -0.3 is 25.0 Å². The van der Waals surface area contributed by atoms with Crippen molar-refractivity contribution in [3.8, 4) is 11.4 Å². The summed E-state index contributed by atoms with van der Waals surface area (Å²) in [6.07, 6.45) is -1.48. The van der Waals surface area contributed by atoms with Crippen LogP contribution in [0.3, 0.4) is 0 Å². The van der Waals surface area contributed by atoms with E-state index in [1.165, 1.54) is 23.9 Å². The molecule has 0 saturated carbocycles. The Morgan fingerprint density at radius 2 is 1.61 bits per heavy atom. The maximum Gasteiger partial charge on any atom is 0.242 e. The highest BCUT2D eigenvalue weighted by atomic mass is 32.2. The Kier molecular flexibility index (Phi) is 12.4. The summed E-state index contributed by atoms with van der Waals surface area (Å²) in [5.74, 6) is -0.0696. The number of amides is 1. The third kappa shape index (κ3) is 9.76. The molecule has 5 aromatic carbocycles. The zero-order valence-electron chi connectivity index (χ0n) is 31.2. The van der Waals surface area contributed by atoms with Crippen LogP contribution in [0.4, 0.5) is 5.69 Å². The van der Waals surface area contributed by atoms with Crippen molar-refractivity contribution in [1.82, 2.24) is 24.9 Å². The fourth-order valence-corrected chi connectivity index (χ4v) is 8.74. The quantitative estimate of drug-likeness (QED) is 0.0912. The Bertz CT molecular complexity index is 2380. The van der Waals surface area contributed by atoms with Crippen LogP contribution in [0.2, 0.25) is 0 Å². The maximum absolute atomic E-state index is 13.9. The van der Waals surface area contributed by atoms with Gasteiger partial charge in [-0.05, 0) is 89.0 Å². The average Bonchev–Trinajstić information content (AvgIpc) is 3.70. The first-order valence-corrected chi connectivity index (χ1v) is 20.8. The second-order valence-corrected chi connectivity index (χ2v) is 16.5. The lowest BCUT2D eigenvalue weighted by Gasteiger charge is -2.41. The molecule has 2 heterocycles. The van der Waals surface area contributed by atoms with Gasteiger partial charge >= 0.3 is 0 Å². The first-order chi connectivity index (χ1) is 27.6. The molecular weight excluding hydrogens is 765 g/mol. The molecule has 1 aromatic heterocycles. The van der Waals surface area contributed by atoms with Crippen molar-refractivity contribution in [2.45, 2.75) is 61.5 Å². The van der Waals surface area contributed by atoms with Crippen LogP contribution in [0.15, 0.2) is 137 Å². The predicted molar refractivity (Wildman–Crippen MR) is 215 cm³/mol. The number of benzene rings is 5. The summed E-state index contributed by atoms with van der Waals surface area (Å²) in [5.41, 5.74) is 5.14. The third-order valence-electron chi connectivity index (χ3n) is 9.69. The Hall–Kier alpha value is -5.42. The summed E-state index contributed by atoms with van der Waals surface area (Å²) in [6.45, 7) is 3.84. The molecule has 0 aliphatic carbocycles. The van der Waals surface area contributed by atoms with Crippen LogP contribution in [0.25, 0.3) is 5.69 Å². The van der Waals surface area contributed by atoms with E-state index in [1.807, 2.05) is 67.6 Å². The summed E-state index contributed by atoms with van der Waals surface area (Å²) in [5, 5.41) is 35.1. The molecule has 4 N–H and O–H groups in total. The number of nitrogens with one attached hydrogen (secondary N) is 2. The van der Waals surface area contributed by atoms with E-state index in [9.17, 15) is 23.4 Å². The normalized spacial score (nSPS) is 18.9. The molecule has 1 fully saturated rings. The van der Waals surface area contributed by atoms with Gasteiger partial charge in [0.25, 0.3) is 0 Å². The van der Waals surface area contributed by atoms with Gasteiger partial charge in [-0.3, -0.25) is 4.79 Å². The van der Waals surface area contributed by atoms with E-state index in [0.29, 0.717) is 27.8 Å². The molecule has 15 heteroatoms. The van der Waals surface area contributed by atoms with E-state index in [4.69, 9.17) is 9.47 Å². The summed E-state index contributed by atoms with van der Waals surface area (Å²) in [6, 6.07) is 35.8. The van der Waals surface area contributed by atoms with Gasteiger partial charge in [0.1, 0.15) is 11.8 Å². The van der Waals surface area contributed by atoms with Gasteiger partial charge in [0.05, 0.1) is 29.4 Å². The van der Waals surface area contributed by atoms with E-state index in [2.05, 4.69) is 32.5 Å². The summed E-state index contributed by atoms with van der Waals surface area (Å²) in [4.78, 5) is 14.0. The number of phenolic OH excluding ortho intramolecular Hbond substituents is 1. The fraction of sp³-hybridized carbons (Fsp3) is 0.238. The molecule has 0 unspecified atom stereocenters. The van der Waals surface area contributed by atoms with Gasteiger partial charge in [-0.1, -0.05) is 103 Å². The minimum Gasteiger partial charge on any atom is -0.508 e. The largest absolute Gasteiger partial charge is 0.508 e. The molecule has 0 radical (unpaired) electrons. The third-order valence-corrected chi connectivity index (χ3v) is 12.2. The number of sulfonamides is 1. The van der Waals surface area contributed by atoms with Crippen LogP contribution in [0, 0.1) is 12.8 Å². The zero-order valence-corrected chi connectivity index (χ0v) is 32.8. The van der Waals surface area contributed by atoms with Crippen molar-refractivity contribution >= 4 is 33.4 Å². The van der Waals surface area contributed by atoms with Gasteiger partial charge in [-0.2, -0.15) is 9.40 Å². The SMILES string of the molecule is Cc1ccc(S(=O)(=O)N[C@H](Cc2ccccc2)C(=O)Nc2cccc([C@H]3O[C@@H](CSc4nnnn4-c4ccc(O)cc4)[C@@H](C)[C@@H](c4ccc(CO)cc4)O3)c2)cc1. The van der Waals surface area contributed by atoms with Crippen molar-refractivity contribution in [3.63, 3.8) is 0 Å². The Balaban J connectivity index is 1.13. The van der Waals surface area contributed by atoms with E-state index < -0.39 is 34.4 Å². The van der Waals surface area contributed by atoms with Gasteiger partial charge in [0, 0.05) is 22.9 Å². The van der Waals surface area contributed by atoms with Crippen LogP contribution >= 0.6 is 11.8 Å². The standard InChI is InChI=1S/C42H42N6O7S2/c1-27-11-21-36(22-12-27)57(52,53)45-37(23-29-7-4-3-5-8-29)40(51)43-33-10-6-9-32(24-33)41-54-38(28(2)39(55-41)31-15-13-30(25-49)14-16-31)26-56-42-44-46-47-48(42)34-17-19-35(50)20-18-34/h3-22,24,28,37-39,41,45,49-50H,23,25-26H2,1-2H3,(H,43,51)/t28-,37-,38+,39+,41+/m1/s1. The molecule has 7 rings (SSSR count). The van der Waals surface area contributed by atoms with Gasteiger partial charge in [-0.25, -0.2) is 8.42 Å². The van der Waals surface area contributed by atoms with Gasteiger partial charge in [-0.15, -0.1) is 5.10 Å². The molecular formula is C42H42N6O7S2. The lowest BCUT2D eigenvalue weighted by atomic mass is 9.91. The number of aliphatic hydroxyl groups is 1. The topological polar surface area (TPSA) is 178 Å². The number of hydrogen-bond donors (Lipinski definition) is 4. The second-order valence-electron chi connectivity index (χ2n) is 13.8. The van der Waals surface area contributed by atoms with Crippen molar-refractivity contribution in [3.05, 3.63) is 155 Å². The number of aryl methyl sites for hydroxylation is 1. The molecule has 13 nitrogen and oxygen atoms in total. The fourth-order valence-electron chi connectivity index (χ4n) is 6.49. The number of aromatic hydroxyl groups is 1. The number of ether oxygens (including phenoxy) is 2. The van der Waals surface area contributed by atoms with Gasteiger partial charge in [0.2, 0.25) is 21.1 Å². The minimum atomic E-state index is -4.04. The van der Waals surface area contributed by atoms with Crippen LogP contribution in [0.5, 0.6) is 5.75 Å². The highest BCUT2D eigenvalue weighted by Gasteiger charge is 2.39. The molecule has 1 saturated heterocycles. The summed E-state index contributed by atoms with van der Waals surface area (Å²) in [7, 11) is -4.04. The Labute approximate surface area is 335 Å². The van der Waals surface area contributed by atoms with Gasteiger partial charge in [0.15, 0.2) is 6.29 Å². The number of phenols is 1. The number of anilines is 1. The van der Waals surface area contributed by atoms with Crippen molar-refractivity contribution in [1.29, 1.82) is 0 Å². The predicted octanol–water partition coefficient (Wildman–Crippen LogP) is 6.28. The van der Waals surface area contributed by atoms with E-state index in [0.717, 1.165) is 22.3 Å². The number of aliphatic hydroxyl groups excluding tert-OH is 1. The van der Waals surface area contributed by atoms with E-state index >= 15 is 0 Å². The average molecular weight is 807 g/mol. The number of nitrogens with zero attached hydrogens (tertiary/aromatic N) is 4. The summed E-state index contributed by atoms with van der Waals surface area (Å²) < 4.78 is 44.5. The van der Waals surface area contributed by atoms with Crippen molar-refractivity contribution < 1.29 is 32.9 Å². The molecule has 1 amide bonds. The lowest BCUT2D eigenvalue weighted by molar-refractivity contribution is -0.268. The lowest BCUT2D eigenvalue weighted by Crippen LogP contribution is -2.45. The molecule has 0 spiro atoms. The molecule has 0 bridgehead atoms. The molecule has 1 aliphatic heterocycles. The second kappa shape index (κ2) is 17.8. The minimum absolute atomic E-state index is 0.0620. The first kappa shape index (κ1) is 39.8. The first-order valence-electron chi connectivity index (χ1n) is 18.3. The van der Waals surface area contributed by atoms with Crippen molar-refractivity contribution in [2.24, 2.45) is 5.92 Å². The Morgan fingerprint density at radius 3 is 2.33 bits per heavy atom. The molecule has 5 atom stereocenters. The number of aromatic nitrogens is 4. The molecule has 294 valence electrons. The molecule has 6 aromatic rings. The smallest absolute Gasteiger partial charge is 0.242 e. The number of carbonyl (C=O) groups is 1. The van der Waals surface area contributed by atoms with Crippen LogP contribution < -0.4 is 10.0 Å². The highest BCUT2D eigenvalue weighted by molar-refractivity contribution is 7.99. The van der Waals surface area contributed by atoms with Crippen LogP contribution in [0.1, 0.15) is 47.1 Å². The highest BCUT2D eigenvalue weighted by Crippen LogP contribution is 2.43. The Morgan fingerprint density at radius 1 is 0.877 bits per heavy atom. The van der Waals surface area contributed by atoms with Crippen LogP contribution in [-0.4, -0.2) is 62.6 Å². The zero-order chi connectivity index (χ0) is 39.9. The number of thioether (sulfide) groups is 1. The maximum atomic E-state index is 13.9. The van der Waals surface area contributed by atoms with Crippen LogP contribution in [-0.2, 0) is 37.3 Å². The number of hydrogen-bond acceptors (Lipinski definition) is 11. The van der Waals surface area contributed by atoms with E-state index in [-0.39, 0.29) is 35.7 Å². The molecule has 1 aliphatic rings. The number of rotatable bonds is 14. The van der Waals surface area contributed by atoms with E-state index in [1.54, 1.807) is 59.3 Å². The van der Waals surface area contributed by atoms with Crippen molar-refractivity contribution in [2.75, 3.05) is 11.1 Å². The number of carbonyl (C=O) groups excluding carboxylic acids is 1. The molecule has 57 heavy (non-hydrogen) atoms.